The summed E-state index contributed by atoms with van der Waals surface area (Å²) >= 11 is 2.09. The zero-order valence-corrected chi connectivity index (χ0v) is 13.2. The van der Waals surface area contributed by atoms with Gasteiger partial charge in [0.05, 0.1) is 5.69 Å². The van der Waals surface area contributed by atoms with Crippen LogP contribution >= 0.6 is 11.8 Å². The molecule has 108 valence electrons. The van der Waals surface area contributed by atoms with Crippen LogP contribution in [0.3, 0.4) is 0 Å². The first-order valence-electron chi connectivity index (χ1n) is 7.32. The molecule has 0 aromatic carbocycles. The third-order valence-corrected chi connectivity index (χ3v) is 5.42. The number of thioether (sulfide) groups is 1. The molecule has 1 aliphatic heterocycles. The fourth-order valence-corrected chi connectivity index (χ4v) is 4.04. The van der Waals surface area contributed by atoms with E-state index in [0.717, 1.165) is 23.1 Å². The second-order valence-corrected chi connectivity index (χ2v) is 7.03. The number of rotatable bonds is 4. The second-order valence-electron chi connectivity index (χ2n) is 5.62. The maximum atomic E-state index is 4.52. The van der Waals surface area contributed by atoms with Crippen LogP contribution in [0.25, 0.3) is 5.65 Å². The number of aryl methyl sites for hydroxylation is 2. The topological polar surface area (TPSA) is 42.2 Å². The average Bonchev–Trinajstić information content (AvgIpc) is 3.05. The van der Waals surface area contributed by atoms with Crippen molar-refractivity contribution in [3.05, 3.63) is 29.2 Å². The van der Waals surface area contributed by atoms with Gasteiger partial charge in [0, 0.05) is 41.4 Å². The van der Waals surface area contributed by atoms with Crippen molar-refractivity contribution in [3.8, 4) is 0 Å². The van der Waals surface area contributed by atoms with Crippen molar-refractivity contribution < 1.29 is 0 Å². The fraction of sp³-hybridized carbons (Fsp3) is 0.600. The Morgan fingerprint density at radius 3 is 3.10 bits per heavy atom. The maximum Gasteiger partial charge on any atom is 0.155 e. The van der Waals surface area contributed by atoms with Crippen LogP contribution in [-0.2, 0) is 0 Å². The molecule has 0 amide bonds. The standard InChI is InChI=1S/C15H22N4S/c1-10-7-15-17-9-14(12(3)19(15)18-10)11(2)16-8-13-5-4-6-20-13/h7,9,11,13,16H,4-6,8H2,1-3H3. The highest BCUT2D eigenvalue weighted by Gasteiger charge is 2.18. The van der Waals surface area contributed by atoms with Crippen LogP contribution in [0.1, 0.15) is 42.8 Å². The molecular formula is C15H22N4S. The molecule has 0 spiro atoms. The van der Waals surface area contributed by atoms with Gasteiger partial charge in [-0.2, -0.15) is 16.9 Å². The number of aromatic nitrogens is 3. The summed E-state index contributed by atoms with van der Waals surface area (Å²) in [6, 6.07) is 2.34. The Bertz CT molecular complexity index is 601. The summed E-state index contributed by atoms with van der Waals surface area (Å²) in [5.41, 5.74) is 4.37. The number of hydrogen-bond donors (Lipinski definition) is 1. The van der Waals surface area contributed by atoms with Crippen molar-refractivity contribution >= 4 is 17.4 Å². The van der Waals surface area contributed by atoms with Crippen molar-refractivity contribution in [2.24, 2.45) is 0 Å². The summed E-state index contributed by atoms with van der Waals surface area (Å²) in [5.74, 6) is 1.32. The molecule has 0 aliphatic carbocycles. The largest absolute Gasteiger partial charge is 0.309 e. The molecule has 1 aliphatic rings. The summed E-state index contributed by atoms with van der Waals surface area (Å²) in [6.07, 6.45) is 4.70. The Morgan fingerprint density at radius 1 is 1.50 bits per heavy atom. The zero-order chi connectivity index (χ0) is 14.1. The van der Waals surface area contributed by atoms with E-state index >= 15 is 0 Å². The lowest BCUT2D eigenvalue weighted by Gasteiger charge is -2.18. The van der Waals surface area contributed by atoms with Gasteiger partial charge >= 0.3 is 0 Å². The predicted octanol–water partition coefficient (Wildman–Crippen LogP) is 2.89. The lowest BCUT2D eigenvalue weighted by atomic mass is 10.1. The number of nitrogens with one attached hydrogen (secondary N) is 1. The Balaban J connectivity index is 1.76. The van der Waals surface area contributed by atoms with Crippen molar-refractivity contribution in [1.29, 1.82) is 0 Å². The van der Waals surface area contributed by atoms with Gasteiger partial charge in [0.2, 0.25) is 0 Å². The summed E-state index contributed by atoms with van der Waals surface area (Å²) in [7, 11) is 0. The maximum absolute atomic E-state index is 4.52. The molecule has 3 rings (SSSR count). The minimum Gasteiger partial charge on any atom is -0.309 e. The molecule has 5 heteroatoms. The van der Waals surface area contributed by atoms with E-state index in [-0.39, 0.29) is 0 Å². The summed E-state index contributed by atoms with van der Waals surface area (Å²) < 4.78 is 1.95. The predicted molar refractivity (Wildman–Crippen MR) is 84.4 cm³/mol. The van der Waals surface area contributed by atoms with Gasteiger partial charge in [-0.25, -0.2) is 9.50 Å². The number of fused-ring (bicyclic) bond motifs is 1. The van der Waals surface area contributed by atoms with Gasteiger partial charge in [-0.3, -0.25) is 0 Å². The molecule has 0 radical (unpaired) electrons. The molecule has 1 saturated heterocycles. The van der Waals surface area contributed by atoms with Crippen LogP contribution < -0.4 is 5.32 Å². The fourth-order valence-electron chi connectivity index (χ4n) is 2.82. The first-order valence-corrected chi connectivity index (χ1v) is 8.37. The second kappa shape index (κ2) is 5.74. The van der Waals surface area contributed by atoms with E-state index in [2.05, 4.69) is 41.0 Å². The first kappa shape index (κ1) is 13.9. The monoisotopic (exact) mass is 290 g/mol. The molecule has 2 aromatic rings. The van der Waals surface area contributed by atoms with E-state index < -0.39 is 0 Å². The zero-order valence-electron chi connectivity index (χ0n) is 12.4. The van der Waals surface area contributed by atoms with Crippen LogP contribution in [-0.4, -0.2) is 32.1 Å². The highest BCUT2D eigenvalue weighted by atomic mass is 32.2. The SMILES string of the molecule is Cc1cc2ncc(C(C)NCC3CCCS3)c(C)n2n1. The molecule has 0 bridgehead atoms. The molecule has 3 heterocycles. The third-order valence-electron chi connectivity index (χ3n) is 4.03. The summed E-state index contributed by atoms with van der Waals surface area (Å²) in [6.45, 7) is 7.43. The van der Waals surface area contributed by atoms with E-state index in [4.69, 9.17) is 0 Å². The molecule has 2 atom stereocenters. The Kier molecular flexibility index (Phi) is 3.98. The molecule has 0 saturated carbocycles. The van der Waals surface area contributed by atoms with Crippen LogP contribution in [0, 0.1) is 13.8 Å². The minimum absolute atomic E-state index is 0.317. The molecule has 2 aromatic heterocycles. The van der Waals surface area contributed by atoms with E-state index in [1.807, 2.05) is 23.7 Å². The molecule has 1 N–H and O–H groups in total. The van der Waals surface area contributed by atoms with Gasteiger partial charge in [0.25, 0.3) is 0 Å². The van der Waals surface area contributed by atoms with Crippen LogP contribution in [0.2, 0.25) is 0 Å². The molecule has 1 fully saturated rings. The normalized spacial score (nSPS) is 20.6. The Morgan fingerprint density at radius 2 is 2.35 bits per heavy atom. The summed E-state index contributed by atoms with van der Waals surface area (Å²) in [5, 5.41) is 8.95. The minimum atomic E-state index is 0.317. The highest BCUT2D eigenvalue weighted by molar-refractivity contribution is 8.00. The molecular weight excluding hydrogens is 268 g/mol. The van der Waals surface area contributed by atoms with Gasteiger partial charge in [-0.05, 0) is 39.4 Å². The Labute approximate surface area is 124 Å². The Hall–Kier alpha value is -1.07. The van der Waals surface area contributed by atoms with E-state index in [0.29, 0.717) is 6.04 Å². The number of hydrogen-bond acceptors (Lipinski definition) is 4. The van der Waals surface area contributed by atoms with E-state index in [1.165, 1.54) is 29.9 Å². The van der Waals surface area contributed by atoms with Crippen molar-refractivity contribution in [3.63, 3.8) is 0 Å². The van der Waals surface area contributed by atoms with Crippen LogP contribution in [0.5, 0.6) is 0 Å². The summed E-state index contributed by atoms with van der Waals surface area (Å²) in [4.78, 5) is 4.52. The van der Waals surface area contributed by atoms with Gasteiger partial charge in [-0.1, -0.05) is 0 Å². The van der Waals surface area contributed by atoms with Gasteiger partial charge in [0.1, 0.15) is 0 Å². The highest BCUT2D eigenvalue weighted by Crippen LogP contribution is 2.26. The van der Waals surface area contributed by atoms with E-state index in [9.17, 15) is 0 Å². The molecule has 2 unspecified atom stereocenters. The lowest BCUT2D eigenvalue weighted by Crippen LogP contribution is -2.27. The smallest absolute Gasteiger partial charge is 0.155 e. The third kappa shape index (κ3) is 2.69. The average molecular weight is 290 g/mol. The molecule has 20 heavy (non-hydrogen) atoms. The lowest BCUT2D eigenvalue weighted by molar-refractivity contribution is 0.552. The van der Waals surface area contributed by atoms with Crippen LogP contribution in [0.15, 0.2) is 12.3 Å². The van der Waals surface area contributed by atoms with Crippen molar-refractivity contribution in [2.75, 3.05) is 12.3 Å². The quantitative estimate of drug-likeness (QED) is 0.940. The van der Waals surface area contributed by atoms with Gasteiger partial charge in [-0.15, -0.1) is 0 Å². The molecule has 4 nitrogen and oxygen atoms in total. The van der Waals surface area contributed by atoms with Gasteiger partial charge in [0.15, 0.2) is 5.65 Å². The van der Waals surface area contributed by atoms with E-state index in [1.54, 1.807) is 0 Å². The van der Waals surface area contributed by atoms with Crippen molar-refractivity contribution in [2.45, 2.75) is 44.9 Å². The van der Waals surface area contributed by atoms with Crippen molar-refractivity contribution in [1.82, 2.24) is 19.9 Å². The number of nitrogens with zero attached hydrogens (tertiary/aromatic N) is 3. The first-order chi connectivity index (χ1) is 9.65. The van der Waals surface area contributed by atoms with Gasteiger partial charge < -0.3 is 5.32 Å². The van der Waals surface area contributed by atoms with Crippen LogP contribution in [0.4, 0.5) is 0 Å².